The van der Waals surface area contributed by atoms with Gasteiger partial charge in [0.05, 0.1) is 20.3 Å². The summed E-state index contributed by atoms with van der Waals surface area (Å²) in [5, 5.41) is 21.1. The molecule has 8 atom stereocenters. The van der Waals surface area contributed by atoms with Crippen LogP contribution in [-0.2, 0) is 21.0 Å². The van der Waals surface area contributed by atoms with Crippen molar-refractivity contribution in [3.05, 3.63) is 47.5 Å². The number of nitrogens with zero attached hydrogens (tertiary/aromatic N) is 2. The van der Waals surface area contributed by atoms with Crippen LogP contribution in [0, 0.1) is 29.1 Å². The van der Waals surface area contributed by atoms with Gasteiger partial charge in [-0.2, -0.15) is 5.06 Å². The van der Waals surface area contributed by atoms with Gasteiger partial charge in [0.1, 0.15) is 17.9 Å². The van der Waals surface area contributed by atoms with Gasteiger partial charge in [-0.3, -0.25) is 19.2 Å². The molecule has 1 saturated heterocycles. The summed E-state index contributed by atoms with van der Waals surface area (Å²) in [6.45, 7) is 10.1. The van der Waals surface area contributed by atoms with Crippen LogP contribution in [0.1, 0.15) is 63.4 Å². The van der Waals surface area contributed by atoms with E-state index in [1.807, 2.05) is 62.3 Å². The van der Waals surface area contributed by atoms with Crippen LogP contribution in [0.4, 0.5) is 5.69 Å². The van der Waals surface area contributed by atoms with Gasteiger partial charge in [0, 0.05) is 68.4 Å². The number of benzene rings is 2. The van der Waals surface area contributed by atoms with Crippen molar-refractivity contribution in [3.63, 3.8) is 0 Å². The van der Waals surface area contributed by atoms with Crippen molar-refractivity contribution in [1.29, 1.82) is 0 Å². The molecule has 6 rings (SSSR count). The van der Waals surface area contributed by atoms with Crippen LogP contribution in [0.3, 0.4) is 0 Å². The first-order chi connectivity index (χ1) is 22.7. The zero-order chi connectivity index (χ0) is 35.1. The van der Waals surface area contributed by atoms with Gasteiger partial charge in [-0.15, -0.1) is 0 Å². The summed E-state index contributed by atoms with van der Waals surface area (Å²) in [5.74, 6) is 0.945. The highest BCUT2D eigenvalue weighted by Crippen LogP contribution is 2.61. The normalized spacial score (nSPS) is 28.2. The molecule has 11 heteroatoms. The van der Waals surface area contributed by atoms with Crippen LogP contribution < -0.4 is 25.6 Å². The molecular weight excluding hydrogens is 610 g/mol. The Bertz CT molecular complexity index is 1530. The van der Waals surface area contributed by atoms with Crippen molar-refractivity contribution < 1.29 is 29.1 Å². The maximum absolute atomic E-state index is 14.4. The molecule has 1 unspecified atom stereocenters. The fourth-order valence-corrected chi connectivity index (χ4v) is 8.57. The number of carbonyl (C=O) groups excluding carboxylic acids is 3. The van der Waals surface area contributed by atoms with Crippen molar-refractivity contribution in [3.8, 4) is 16.9 Å². The van der Waals surface area contributed by atoms with Crippen molar-refractivity contribution in [1.82, 2.24) is 21.0 Å². The topological polar surface area (TPSA) is 132 Å². The number of hydrogen-bond acceptors (Lipinski definition) is 8. The lowest BCUT2D eigenvalue weighted by atomic mass is 9.45. The first kappa shape index (κ1) is 35.6. The minimum Gasteiger partial charge on any atom is -0.496 e. The molecule has 1 heterocycles. The summed E-state index contributed by atoms with van der Waals surface area (Å²) < 4.78 is 6.01. The fourth-order valence-electron chi connectivity index (χ4n) is 8.57. The molecule has 3 aliphatic carbocycles. The van der Waals surface area contributed by atoms with E-state index in [0.29, 0.717) is 29.1 Å². The quantitative estimate of drug-likeness (QED) is 0.287. The van der Waals surface area contributed by atoms with Gasteiger partial charge in [0.15, 0.2) is 0 Å². The van der Waals surface area contributed by atoms with Crippen LogP contribution in [0.5, 0.6) is 5.75 Å². The molecule has 4 fully saturated rings. The third-order valence-electron chi connectivity index (χ3n) is 11.4. The summed E-state index contributed by atoms with van der Waals surface area (Å²) in [4.78, 5) is 47.5. The monoisotopic (exact) mass is 663 g/mol. The van der Waals surface area contributed by atoms with Crippen molar-refractivity contribution in [2.45, 2.75) is 78.2 Å². The van der Waals surface area contributed by atoms with Crippen LogP contribution in [-0.4, -0.2) is 87.0 Å². The highest BCUT2D eigenvalue weighted by Gasteiger charge is 2.57. The van der Waals surface area contributed by atoms with Gasteiger partial charge in [-0.05, 0) is 66.7 Å². The Kier molecular flexibility index (Phi) is 10.4. The van der Waals surface area contributed by atoms with Gasteiger partial charge >= 0.3 is 0 Å². The molecule has 0 radical (unpaired) electrons. The van der Waals surface area contributed by atoms with E-state index in [0.717, 1.165) is 28.8 Å². The number of methoxy groups -OCH3 is 1. The number of ether oxygens (including phenoxy) is 1. The zero-order valence-corrected chi connectivity index (χ0v) is 29.8. The second-order valence-corrected chi connectivity index (χ2v) is 14.7. The Hall–Kier alpha value is -3.67. The SMILES string of the molecule is CNC(=O)c1cc(-c2cccc(CN3O[C@@H](CO)[C@@H](C(C)NC(C)=O)[C@H]3C(=O)N[C@H]3C[C@H]4C[C@@H]([C@@H]3C)C4(C)C)c2OC)cc(N(C)C)c1. The van der Waals surface area contributed by atoms with E-state index in [4.69, 9.17) is 9.57 Å². The molecule has 2 aromatic rings. The Morgan fingerprint density at radius 3 is 2.48 bits per heavy atom. The van der Waals surface area contributed by atoms with Crippen LogP contribution in [0.25, 0.3) is 11.1 Å². The largest absolute Gasteiger partial charge is 0.496 e. The van der Waals surface area contributed by atoms with E-state index in [9.17, 15) is 19.5 Å². The second-order valence-electron chi connectivity index (χ2n) is 14.7. The van der Waals surface area contributed by atoms with E-state index in [1.165, 1.54) is 13.3 Å². The Morgan fingerprint density at radius 2 is 1.90 bits per heavy atom. The van der Waals surface area contributed by atoms with E-state index < -0.39 is 24.1 Å². The predicted molar refractivity (Wildman–Crippen MR) is 185 cm³/mol. The lowest BCUT2D eigenvalue weighted by Crippen LogP contribution is -2.62. The Labute approximate surface area is 284 Å². The molecule has 11 nitrogen and oxygen atoms in total. The highest BCUT2D eigenvalue weighted by atomic mass is 16.7. The standard InChI is InChI=1S/C37H53N5O6/c1-20-29-16-26(37(29,4)5)17-30(20)40-36(46)33-32(21(2)39-22(3)44)31(19-43)48-42(33)18-23-11-10-12-28(34(23)47-9)24-13-25(35(45)38-6)15-27(14-24)41(7)8/h10-15,20-21,26,29-33,43H,16-19H2,1-9H3,(H,38,45)(H,39,44)(H,40,46)/t20-,21?,26+,29-,30-,31-,32+,33-/m0/s1. The summed E-state index contributed by atoms with van der Waals surface area (Å²) in [7, 11) is 7.04. The highest BCUT2D eigenvalue weighted by molar-refractivity contribution is 5.97. The van der Waals surface area contributed by atoms with Gasteiger partial charge in [-0.25, -0.2) is 0 Å². The first-order valence-electron chi connectivity index (χ1n) is 17.0. The number of fused-ring (bicyclic) bond motifs is 2. The molecule has 262 valence electrons. The number of hydrogen-bond donors (Lipinski definition) is 4. The zero-order valence-electron chi connectivity index (χ0n) is 29.8. The molecular formula is C37H53N5O6. The lowest BCUT2D eigenvalue weighted by molar-refractivity contribution is -0.183. The fraction of sp³-hybridized carbons (Fsp3) is 0.595. The second kappa shape index (κ2) is 14.1. The third kappa shape index (κ3) is 6.64. The molecule has 3 amide bonds. The van der Waals surface area contributed by atoms with E-state index in [-0.39, 0.29) is 42.3 Å². The number of aliphatic hydroxyl groups is 1. The van der Waals surface area contributed by atoms with Gasteiger partial charge < -0.3 is 30.7 Å². The molecule has 0 spiro atoms. The number of hydroxylamine groups is 2. The van der Waals surface area contributed by atoms with Crippen molar-refractivity contribution in [2.24, 2.45) is 29.1 Å². The summed E-state index contributed by atoms with van der Waals surface area (Å²) in [6.07, 6.45) is 1.42. The minimum absolute atomic E-state index is 0.0392. The number of anilines is 1. The van der Waals surface area contributed by atoms with Crippen molar-refractivity contribution in [2.75, 3.05) is 39.8 Å². The van der Waals surface area contributed by atoms with E-state index in [1.54, 1.807) is 19.2 Å². The molecule has 2 bridgehead atoms. The van der Waals surface area contributed by atoms with E-state index >= 15 is 0 Å². The van der Waals surface area contributed by atoms with Crippen LogP contribution >= 0.6 is 0 Å². The van der Waals surface area contributed by atoms with Gasteiger partial charge in [-0.1, -0.05) is 39.0 Å². The number of carbonyl (C=O) groups is 3. The number of para-hydroxylation sites is 1. The van der Waals surface area contributed by atoms with Crippen LogP contribution in [0.15, 0.2) is 36.4 Å². The average Bonchev–Trinajstić information content (AvgIpc) is 3.42. The lowest BCUT2D eigenvalue weighted by Gasteiger charge is -2.62. The number of rotatable bonds is 11. The van der Waals surface area contributed by atoms with Crippen LogP contribution in [0.2, 0.25) is 0 Å². The average molecular weight is 664 g/mol. The molecule has 0 aromatic heterocycles. The van der Waals surface area contributed by atoms with Gasteiger partial charge in [0.2, 0.25) is 11.8 Å². The maximum Gasteiger partial charge on any atom is 0.251 e. The number of amides is 3. The molecule has 48 heavy (non-hydrogen) atoms. The third-order valence-corrected chi connectivity index (χ3v) is 11.4. The first-order valence-corrected chi connectivity index (χ1v) is 17.0. The molecule has 1 aliphatic heterocycles. The molecule has 2 aromatic carbocycles. The minimum atomic E-state index is -0.784. The maximum atomic E-state index is 14.4. The summed E-state index contributed by atoms with van der Waals surface area (Å²) in [6, 6.07) is 10.3. The van der Waals surface area contributed by atoms with Crippen molar-refractivity contribution >= 4 is 23.4 Å². The summed E-state index contributed by atoms with van der Waals surface area (Å²) in [5.41, 5.74) is 4.00. The molecule has 3 saturated carbocycles. The Balaban J connectivity index is 1.50. The molecule has 4 N–H and O–H groups in total. The van der Waals surface area contributed by atoms with Gasteiger partial charge in [0.25, 0.3) is 5.91 Å². The number of aliphatic hydroxyl groups excluding tert-OH is 1. The predicted octanol–water partition coefficient (Wildman–Crippen LogP) is 3.59. The summed E-state index contributed by atoms with van der Waals surface area (Å²) >= 11 is 0. The number of nitrogens with one attached hydrogen (secondary N) is 3. The van der Waals surface area contributed by atoms with E-state index in [2.05, 4.69) is 36.7 Å². The Morgan fingerprint density at radius 1 is 1.17 bits per heavy atom. The smallest absolute Gasteiger partial charge is 0.251 e. The molecule has 4 aliphatic rings.